The first-order valence-electron chi connectivity index (χ1n) is 8.16. The van der Waals surface area contributed by atoms with Crippen molar-refractivity contribution >= 4 is 34.3 Å². The summed E-state index contributed by atoms with van der Waals surface area (Å²) in [5.41, 5.74) is 5.81. The van der Waals surface area contributed by atoms with E-state index in [1.165, 1.54) is 21.3 Å². The zero-order valence-corrected chi connectivity index (χ0v) is 16.1. The minimum absolute atomic E-state index is 0.205. The van der Waals surface area contributed by atoms with E-state index in [2.05, 4.69) is 15.8 Å². The molecule has 0 saturated heterocycles. The Balaban J connectivity index is 1.83. The fourth-order valence-corrected chi connectivity index (χ4v) is 2.84. The zero-order valence-electron chi connectivity index (χ0n) is 15.4. The maximum atomic E-state index is 12.5. The van der Waals surface area contributed by atoms with Gasteiger partial charge in [-0.25, -0.2) is 0 Å². The Bertz CT molecular complexity index is 1030. The third-order valence-electron chi connectivity index (χ3n) is 4.08. The van der Waals surface area contributed by atoms with E-state index in [0.717, 1.165) is 0 Å². The van der Waals surface area contributed by atoms with Crippen molar-refractivity contribution in [2.24, 2.45) is 0 Å². The third-order valence-corrected chi connectivity index (χ3v) is 4.33. The molecule has 2 aromatic carbocycles. The third kappa shape index (κ3) is 3.67. The van der Waals surface area contributed by atoms with Gasteiger partial charge in [-0.05, 0) is 30.3 Å². The van der Waals surface area contributed by atoms with Gasteiger partial charge in [-0.1, -0.05) is 11.6 Å². The van der Waals surface area contributed by atoms with Crippen LogP contribution in [0.3, 0.4) is 0 Å². The van der Waals surface area contributed by atoms with Gasteiger partial charge < -0.3 is 19.2 Å². The van der Waals surface area contributed by atoms with Gasteiger partial charge in [-0.3, -0.25) is 20.4 Å². The number of halogens is 1. The maximum Gasteiger partial charge on any atom is 0.286 e. The molecule has 28 heavy (non-hydrogen) atoms. The molecule has 0 radical (unpaired) electrons. The number of nitrogens with one attached hydrogen (secondary N) is 3. The van der Waals surface area contributed by atoms with Crippen molar-refractivity contribution in [3.05, 3.63) is 52.7 Å². The highest BCUT2D eigenvalue weighted by Crippen LogP contribution is 2.41. The molecule has 9 heteroatoms. The lowest BCUT2D eigenvalue weighted by Crippen LogP contribution is -2.41. The first-order valence-corrected chi connectivity index (χ1v) is 8.54. The summed E-state index contributed by atoms with van der Waals surface area (Å²) < 4.78 is 16.0. The summed E-state index contributed by atoms with van der Waals surface area (Å²) in [6.45, 7) is 0. The summed E-state index contributed by atoms with van der Waals surface area (Å²) in [6.07, 6.45) is 0. The summed E-state index contributed by atoms with van der Waals surface area (Å²) in [7, 11) is 4.52. The SMILES string of the molecule is COc1cc(OC)c2cc(C(=O)NNC(=O)c3ccc(Cl)cc3)[nH]c2c1OC. The lowest BCUT2D eigenvalue weighted by Gasteiger charge is -2.11. The van der Waals surface area contributed by atoms with Crippen molar-refractivity contribution in [1.82, 2.24) is 15.8 Å². The van der Waals surface area contributed by atoms with Gasteiger partial charge >= 0.3 is 0 Å². The number of aromatic amines is 1. The first-order chi connectivity index (χ1) is 13.5. The summed E-state index contributed by atoms with van der Waals surface area (Å²) >= 11 is 5.80. The summed E-state index contributed by atoms with van der Waals surface area (Å²) in [6, 6.07) is 9.53. The van der Waals surface area contributed by atoms with Crippen LogP contribution in [0.25, 0.3) is 10.9 Å². The number of carbonyl (C=O) groups excluding carboxylic acids is 2. The number of hydrazine groups is 1. The Morgan fingerprint density at radius 2 is 1.54 bits per heavy atom. The van der Waals surface area contributed by atoms with Gasteiger partial charge in [0.15, 0.2) is 11.5 Å². The molecule has 0 aliphatic rings. The normalized spacial score (nSPS) is 10.4. The molecule has 3 rings (SSSR count). The fourth-order valence-electron chi connectivity index (χ4n) is 2.71. The van der Waals surface area contributed by atoms with Crippen LogP contribution in [-0.2, 0) is 0 Å². The molecule has 0 saturated carbocycles. The van der Waals surface area contributed by atoms with Crippen LogP contribution in [0.15, 0.2) is 36.4 Å². The number of rotatable bonds is 5. The van der Waals surface area contributed by atoms with Gasteiger partial charge in [-0.15, -0.1) is 0 Å². The van der Waals surface area contributed by atoms with Crippen molar-refractivity contribution in [2.75, 3.05) is 21.3 Å². The topological polar surface area (TPSA) is 102 Å². The molecule has 8 nitrogen and oxygen atoms in total. The van der Waals surface area contributed by atoms with Crippen LogP contribution in [0.5, 0.6) is 17.2 Å². The van der Waals surface area contributed by atoms with Crippen LogP contribution in [0.4, 0.5) is 0 Å². The Kier molecular flexibility index (Phi) is 5.60. The number of benzene rings is 2. The van der Waals surface area contributed by atoms with Gasteiger partial charge in [0.1, 0.15) is 11.4 Å². The second-order valence-corrected chi connectivity index (χ2v) is 6.14. The monoisotopic (exact) mass is 403 g/mol. The van der Waals surface area contributed by atoms with Crippen molar-refractivity contribution in [3.63, 3.8) is 0 Å². The van der Waals surface area contributed by atoms with E-state index in [1.807, 2.05) is 0 Å². The average Bonchev–Trinajstić information content (AvgIpc) is 3.16. The minimum atomic E-state index is -0.540. The predicted octanol–water partition coefficient (Wildman–Crippen LogP) is 2.92. The number of methoxy groups -OCH3 is 3. The van der Waals surface area contributed by atoms with E-state index in [-0.39, 0.29) is 5.69 Å². The zero-order chi connectivity index (χ0) is 20.3. The number of hydrogen-bond donors (Lipinski definition) is 3. The van der Waals surface area contributed by atoms with Gasteiger partial charge in [-0.2, -0.15) is 0 Å². The van der Waals surface area contributed by atoms with Gasteiger partial charge in [0, 0.05) is 22.0 Å². The van der Waals surface area contributed by atoms with Crippen LogP contribution in [0.2, 0.25) is 5.02 Å². The molecule has 0 spiro atoms. The number of amides is 2. The molecule has 1 heterocycles. The number of carbonyl (C=O) groups is 2. The van der Waals surface area contributed by atoms with Crippen LogP contribution < -0.4 is 25.1 Å². The molecule has 2 amide bonds. The Morgan fingerprint density at radius 3 is 2.14 bits per heavy atom. The number of fused-ring (bicyclic) bond motifs is 1. The van der Waals surface area contributed by atoms with Gasteiger partial charge in [0.2, 0.25) is 0 Å². The highest BCUT2D eigenvalue weighted by molar-refractivity contribution is 6.30. The first kappa shape index (κ1) is 19.4. The van der Waals surface area contributed by atoms with E-state index < -0.39 is 11.8 Å². The molecule has 3 N–H and O–H groups in total. The lowest BCUT2D eigenvalue weighted by molar-refractivity contribution is 0.0844. The van der Waals surface area contributed by atoms with Gasteiger partial charge in [0.25, 0.3) is 11.8 Å². The molecule has 0 unspecified atom stereocenters. The number of H-pyrrole nitrogens is 1. The standard InChI is InChI=1S/C19H18ClN3O5/c1-26-14-9-15(27-2)17(28-3)16-12(14)8-13(21-16)19(25)23-22-18(24)10-4-6-11(20)7-5-10/h4-9,21H,1-3H3,(H,22,24)(H,23,25). The lowest BCUT2D eigenvalue weighted by atomic mass is 10.2. The smallest absolute Gasteiger partial charge is 0.286 e. The van der Waals surface area contributed by atoms with Crippen LogP contribution in [0.1, 0.15) is 20.8 Å². The van der Waals surface area contributed by atoms with Gasteiger partial charge in [0.05, 0.1) is 26.8 Å². The molecular formula is C19H18ClN3O5. The predicted molar refractivity (Wildman–Crippen MR) is 104 cm³/mol. The minimum Gasteiger partial charge on any atom is -0.496 e. The average molecular weight is 404 g/mol. The van der Waals surface area contributed by atoms with E-state index in [1.54, 1.807) is 36.4 Å². The maximum absolute atomic E-state index is 12.5. The highest BCUT2D eigenvalue weighted by atomic mass is 35.5. The largest absolute Gasteiger partial charge is 0.496 e. The molecule has 0 aliphatic carbocycles. The molecule has 0 atom stereocenters. The highest BCUT2D eigenvalue weighted by Gasteiger charge is 2.20. The Labute approximate surface area is 165 Å². The molecule has 146 valence electrons. The van der Waals surface area contributed by atoms with Crippen LogP contribution in [-0.4, -0.2) is 38.1 Å². The van der Waals surface area contributed by atoms with Crippen molar-refractivity contribution in [1.29, 1.82) is 0 Å². The molecule has 0 aliphatic heterocycles. The van der Waals surface area contributed by atoms with E-state index >= 15 is 0 Å². The van der Waals surface area contributed by atoms with E-state index in [0.29, 0.717) is 38.7 Å². The molecule has 1 aromatic heterocycles. The van der Waals surface area contributed by atoms with E-state index in [9.17, 15) is 9.59 Å². The molecule has 0 fully saturated rings. The van der Waals surface area contributed by atoms with Crippen LogP contribution >= 0.6 is 11.6 Å². The quantitative estimate of drug-likeness (QED) is 0.568. The van der Waals surface area contributed by atoms with E-state index in [4.69, 9.17) is 25.8 Å². The molecule has 3 aromatic rings. The van der Waals surface area contributed by atoms with Crippen molar-refractivity contribution in [2.45, 2.75) is 0 Å². The van der Waals surface area contributed by atoms with Crippen LogP contribution in [0, 0.1) is 0 Å². The Morgan fingerprint density at radius 1 is 0.893 bits per heavy atom. The Hall–Kier alpha value is -3.39. The second-order valence-electron chi connectivity index (χ2n) is 5.70. The van der Waals surface area contributed by atoms with Crippen molar-refractivity contribution in [3.8, 4) is 17.2 Å². The fraction of sp³-hybridized carbons (Fsp3) is 0.158. The summed E-state index contributed by atoms with van der Waals surface area (Å²) in [4.78, 5) is 27.5. The number of aromatic nitrogens is 1. The second kappa shape index (κ2) is 8.10. The molecular weight excluding hydrogens is 386 g/mol. The summed E-state index contributed by atoms with van der Waals surface area (Å²) in [5, 5.41) is 1.14. The number of hydrogen-bond acceptors (Lipinski definition) is 5. The molecule has 0 bridgehead atoms. The number of ether oxygens (including phenoxy) is 3. The summed E-state index contributed by atoms with van der Waals surface area (Å²) in [5.74, 6) is 0.381. The van der Waals surface area contributed by atoms with Crippen molar-refractivity contribution < 1.29 is 23.8 Å².